The number of hydrogen-bond donors (Lipinski definition) is 4. The van der Waals surface area contributed by atoms with E-state index < -0.39 is 46.6 Å². The van der Waals surface area contributed by atoms with Crippen molar-refractivity contribution in [3.05, 3.63) is 177 Å². The minimum absolute atomic E-state index is 0.00877. The highest BCUT2D eigenvalue weighted by Crippen LogP contribution is 2.37. The SMILES string of the molecule is O=C(C[C@H](NC(=O)c1ccc([N+](=O)[O-])cc1)C(=O)Nc1ccc(C(=O)O)cc1)NC(c1ccccc1)(c1ccccc1)c1ccccc1. The van der Waals surface area contributed by atoms with Gasteiger partial charge in [-0.3, -0.25) is 24.5 Å². The van der Waals surface area contributed by atoms with Gasteiger partial charge in [0.05, 0.1) is 16.9 Å². The Hall–Kier alpha value is -6.62. The van der Waals surface area contributed by atoms with E-state index in [0.717, 1.165) is 28.8 Å². The number of nitro groups is 1. The van der Waals surface area contributed by atoms with Gasteiger partial charge in [0.1, 0.15) is 11.6 Å². The highest BCUT2D eigenvalue weighted by molar-refractivity contribution is 6.03. The van der Waals surface area contributed by atoms with Crippen LogP contribution in [-0.4, -0.2) is 39.8 Å². The lowest BCUT2D eigenvalue weighted by atomic mass is 9.77. The Morgan fingerprint density at radius 3 is 1.56 bits per heavy atom. The lowest BCUT2D eigenvalue weighted by Crippen LogP contribution is -2.52. The third-order valence-corrected chi connectivity index (χ3v) is 7.70. The van der Waals surface area contributed by atoms with Gasteiger partial charge in [-0.2, -0.15) is 0 Å². The number of non-ortho nitro benzene ring substituents is 1. The van der Waals surface area contributed by atoms with E-state index in [0.29, 0.717) is 0 Å². The third kappa shape index (κ3) is 7.43. The maximum absolute atomic E-state index is 14.1. The van der Waals surface area contributed by atoms with Crippen LogP contribution in [0.25, 0.3) is 0 Å². The first-order chi connectivity index (χ1) is 23.2. The molecule has 0 saturated heterocycles. The molecule has 0 heterocycles. The molecule has 48 heavy (non-hydrogen) atoms. The molecule has 11 heteroatoms. The van der Waals surface area contributed by atoms with Crippen molar-refractivity contribution in [1.82, 2.24) is 10.6 Å². The second-order valence-electron chi connectivity index (χ2n) is 10.8. The molecule has 5 rings (SSSR count). The Kier molecular flexibility index (Phi) is 10.00. The third-order valence-electron chi connectivity index (χ3n) is 7.70. The van der Waals surface area contributed by atoms with Crippen molar-refractivity contribution in [2.75, 3.05) is 5.32 Å². The first kappa shape index (κ1) is 32.8. The first-order valence-corrected chi connectivity index (χ1v) is 14.8. The van der Waals surface area contributed by atoms with Gasteiger partial charge in [0.2, 0.25) is 11.8 Å². The standard InChI is InChI=1S/C37H30N4O7/c42-33(40-37(27-10-4-1-5-11-27,28-12-6-2-7-13-28)29-14-8-3-9-15-29)24-32(35(44)38-30-20-16-26(17-21-30)36(45)46)39-34(43)25-18-22-31(23-19-25)41(47)48/h1-23,32H,24H2,(H,38,44)(H,39,43)(H,40,42)(H,45,46)/t32-/m0/s1. The number of nitrogens with zero attached hydrogens (tertiary/aromatic N) is 1. The smallest absolute Gasteiger partial charge is 0.335 e. The first-order valence-electron chi connectivity index (χ1n) is 14.8. The number of aromatic carboxylic acids is 1. The monoisotopic (exact) mass is 642 g/mol. The summed E-state index contributed by atoms with van der Waals surface area (Å²) in [6.45, 7) is 0. The van der Waals surface area contributed by atoms with Crippen LogP contribution >= 0.6 is 0 Å². The van der Waals surface area contributed by atoms with Crippen LogP contribution < -0.4 is 16.0 Å². The van der Waals surface area contributed by atoms with Crippen molar-refractivity contribution >= 4 is 35.1 Å². The lowest BCUT2D eigenvalue weighted by molar-refractivity contribution is -0.384. The number of rotatable bonds is 12. The zero-order chi connectivity index (χ0) is 34.1. The van der Waals surface area contributed by atoms with E-state index in [2.05, 4.69) is 16.0 Å². The minimum Gasteiger partial charge on any atom is -0.478 e. The zero-order valence-electron chi connectivity index (χ0n) is 25.4. The Morgan fingerprint density at radius 2 is 1.12 bits per heavy atom. The predicted octanol–water partition coefficient (Wildman–Crippen LogP) is 5.53. The van der Waals surface area contributed by atoms with Gasteiger partial charge >= 0.3 is 5.97 Å². The van der Waals surface area contributed by atoms with E-state index >= 15 is 0 Å². The predicted molar refractivity (Wildman–Crippen MR) is 178 cm³/mol. The molecule has 0 fully saturated rings. The molecule has 0 spiro atoms. The van der Waals surface area contributed by atoms with Crippen LogP contribution in [0, 0.1) is 10.1 Å². The van der Waals surface area contributed by atoms with Crippen molar-refractivity contribution in [2.45, 2.75) is 18.0 Å². The highest BCUT2D eigenvalue weighted by atomic mass is 16.6. The fraction of sp³-hybridized carbons (Fsp3) is 0.0811. The summed E-state index contributed by atoms with van der Waals surface area (Å²) in [6, 6.07) is 36.9. The summed E-state index contributed by atoms with van der Waals surface area (Å²) in [5, 5.41) is 28.7. The molecule has 0 saturated carbocycles. The van der Waals surface area contributed by atoms with Gasteiger partial charge < -0.3 is 21.1 Å². The summed E-state index contributed by atoms with van der Waals surface area (Å²) in [5.41, 5.74) is 1.15. The number of carbonyl (C=O) groups is 4. The van der Waals surface area contributed by atoms with Crippen LogP contribution in [-0.2, 0) is 15.1 Å². The normalized spacial score (nSPS) is 11.5. The van der Waals surface area contributed by atoms with E-state index in [9.17, 15) is 34.4 Å². The van der Waals surface area contributed by atoms with Gasteiger partial charge in [0.25, 0.3) is 11.6 Å². The van der Waals surface area contributed by atoms with Gasteiger partial charge in [-0.15, -0.1) is 0 Å². The number of benzene rings is 5. The van der Waals surface area contributed by atoms with Crippen molar-refractivity contribution in [3.63, 3.8) is 0 Å². The number of nitrogens with one attached hydrogen (secondary N) is 3. The molecule has 0 aliphatic heterocycles. The second kappa shape index (κ2) is 14.6. The number of carbonyl (C=O) groups excluding carboxylic acids is 3. The van der Waals surface area contributed by atoms with Gasteiger partial charge in [-0.1, -0.05) is 91.0 Å². The number of anilines is 1. The molecule has 0 aliphatic carbocycles. The molecule has 5 aromatic rings. The quantitative estimate of drug-likeness (QED) is 0.0789. The Labute approximate surface area is 275 Å². The van der Waals surface area contributed by atoms with Crippen LogP contribution in [0.15, 0.2) is 140 Å². The molecule has 240 valence electrons. The molecule has 4 N–H and O–H groups in total. The van der Waals surface area contributed by atoms with Gasteiger partial charge in [-0.25, -0.2) is 4.79 Å². The molecular formula is C37H30N4O7. The zero-order valence-corrected chi connectivity index (χ0v) is 25.4. The van der Waals surface area contributed by atoms with Crippen LogP contribution in [0.5, 0.6) is 0 Å². The van der Waals surface area contributed by atoms with Crippen molar-refractivity contribution < 1.29 is 29.2 Å². The summed E-state index contributed by atoms with van der Waals surface area (Å²) in [6.07, 6.45) is -0.494. The van der Waals surface area contributed by atoms with Crippen LogP contribution in [0.4, 0.5) is 11.4 Å². The average Bonchev–Trinajstić information content (AvgIpc) is 3.11. The summed E-state index contributed by atoms with van der Waals surface area (Å²) in [4.78, 5) is 62.8. The van der Waals surface area contributed by atoms with Crippen molar-refractivity contribution in [1.29, 1.82) is 0 Å². The van der Waals surface area contributed by atoms with E-state index in [4.69, 9.17) is 0 Å². The van der Waals surface area contributed by atoms with E-state index in [1.807, 2.05) is 91.0 Å². The van der Waals surface area contributed by atoms with Crippen molar-refractivity contribution in [2.24, 2.45) is 0 Å². The van der Waals surface area contributed by atoms with Crippen LogP contribution in [0.3, 0.4) is 0 Å². The van der Waals surface area contributed by atoms with E-state index in [1.165, 1.54) is 36.4 Å². The molecular weight excluding hydrogens is 612 g/mol. The number of carboxylic acid groups (broad SMARTS) is 1. The summed E-state index contributed by atoms with van der Waals surface area (Å²) in [7, 11) is 0. The molecule has 0 radical (unpaired) electrons. The molecule has 5 aromatic carbocycles. The van der Waals surface area contributed by atoms with Gasteiger partial charge in [-0.05, 0) is 53.1 Å². The summed E-state index contributed by atoms with van der Waals surface area (Å²) >= 11 is 0. The van der Waals surface area contributed by atoms with Crippen LogP contribution in [0.1, 0.15) is 43.8 Å². The molecule has 0 aromatic heterocycles. The fourth-order valence-electron chi connectivity index (χ4n) is 5.34. The molecule has 0 aliphatic rings. The molecule has 11 nitrogen and oxygen atoms in total. The Balaban J connectivity index is 1.49. The Morgan fingerprint density at radius 1 is 0.667 bits per heavy atom. The number of amides is 3. The average molecular weight is 643 g/mol. The maximum atomic E-state index is 14.1. The lowest BCUT2D eigenvalue weighted by Gasteiger charge is -2.37. The summed E-state index contributed by atoms with van der Waals surface area (Å²) < 4.78 is 0. The number of carboxylic acids is 1. The van der Waals surface area contributed by atoms with Gasteiger partial charge in [0, 0.05) is 23.4 Å². The highest BCUT2D eigenvalue weighted by Gasteiger charge is 2.39. The summed E-state index contributed by atoms with van der Waals surface area (Å²) in [5.74, 6) is -3.19. The minimum atomic E-state index is -1.41. The van der Waals surface area contributed by atoms with Crippen molar-refractivity contribution in [3.8, 4) is 0 Å². The molecule has 3 amide bonds. The largest absolute Gasteiger partial charge is 0.478 e. The Bertz CT molecular complexity index is 1820. The molecule has 0 bridgehead atoms. The van der Waals surface area contributed by atoms with E-state index in [1.54, 1.807) is 0 Å². The second-order valence-corrected chi connectivity index (χ2v) is 10.8. The number of nitro benzene ring substituents is 1. The molecule has 0 unspecified atom stereocenters. The van der Waals surface area contributed by atoms with Gasteiger partial charge in [0.15, 0.2) is 0 Å². The van der Waals surface area contributed by atoms with Crippen LogP contribution in [0.2, 0.25) is 0 Å². The number of hydrogen-bond acceptors (Lipinski definition) is 6. The maximum Gasteiger partial charge on any atom is 0.335 e. The van der Waals surface area contributed by atoms with E-state index in [-0.39, 0.29) is 22.5 Å². The topological polar surface area (TPSA) is 168 Å². The molecule has 1 atom stereocenters. The fourth-order valence-corrected chi connectivity index (χ4v) is 5.34.